The summed E-state index contributed by atoms with van der Waals surface area (Å²) in [6.07, 6.45) is 6.63. The zero-order valence-corrected chi connectivity index (χ0v) is 9.17. The summed E-state index contributed by atoms with van der Waals surface area (Å²) < 4.78 is 0. The average molecular weight is 231 g/mol. The van der Waals surface area contributed by atoms with Gasteiger partial charge in [-0.15, -0.1) is 0 Å². The number of nitrogens with one attached hydrogen (secondary N) is 1. The van der Waals surface area contributed by atoms with Crippen molar-refractivity contribution in [3.63, 3.8) is 0 Å². The van der Waals surface area contributed by atoms with Crippen molar-refractivity contribution in [3.8, 4) is 11.8 Å². The molecule has 0 bridgehead atoms. The predicted octanol–water partition coefficient (Wildman–Crippen LogP) is 1.15. The minimum atomic E-state index is 0.555. The van der Waals surface area contributed by atoms with Gasteiger partial charge in [-0.2, -0.15) is 5.10 Å². The molecular formula is C11H9N3OS. The van der Waals surface area contributed by atoms with E-state index in [1.165, 1.54) is 11.8 Å². The molecule has 80 valence electrons. The Labute approximate surface area is 97.0 Å². The van der Waals surface area contributed by atoms with Crippen LogP contribution >= 0.6 is 11.8 Å². The first-order valence-corrected chi connectivity index (χ1v) is 5.44. The number of carbonyl (C=O) groups is 1. The molecule has 0 fully saturated rings. The molecule has 2 rings (SSSR count). The minimum Gasteiger partial charge on any atom is -0.401 e. The monoisotopic (exact) mass is 231 g/mol. The molecule has 0 aromatic carbocycles. The largest absolute Gasteiger partial charge is 0.401 e. The molecule has 0 atom stereocenters. The standard InChI is InChI=1S/C11H9N3OS/c12-10-4-3-9(16-11(10)7-15)2-1-8-5-13-14-6-8/h3,5-7H,4,12H2,(H,13,14). The van der Waals surface area contributed by atoms with Gasteiger partial charge in [0.05, 0.1) is 21.6 Å². The van der Waals surface area contributed by atoms with Gasteiger partial charge in [-0.05, 0) is 0 Å². The molecule has 0 unspecified atom stereocenters. The Morgan fingerprint density at radius 2 is 2.44 bits per heavy atom. The molecular weight excluding hydrogens is 222 g/mol. The number of aromatic amines is 1. The fraction of sp³-hybridized carbons (Fsp3) is 0.0909. The third-order valence-corrected chi connectivity index (χ3v) is 3.05. The first-order valence-electron chi connectivity index (χ1n) is 4.62. The maximum Gasteiger partial charge on any atom is 0.158 e. The summed E-state index contributed by atoms with van der Waals surface area (Å²) in [6.45, 7) is 0. The van der Waals surface area contributed by atoms with Gasteiger partial charge in [0.15, 0.2) is 6.29 Å². The van der Waals surface area contributed by atoms with Crippen molar-refractivity contribution >= 4 is 18.0 Å². The lowest BCUT2D eigenvalue weighted by Crippen LogP contribution is -2.04. The van der Waals surface area contributed by atoms with Gasteiger partial charge in [0.2, 0.25) is 0 Å². The fourth-order valence-electron chi connectivity index (χ4n) is 1.16. The van der Waals surface area contributed by atoms with Crippen molar-refractivity contribution in [2.45, 2.75) is 6.42 Å². The maximum atomic E-state index is 10.7. The first kappa shape index (κ1) is 10.6. The molecule has 0 saturated heterocycles. The van der Waals surface area contributed by atoms with Crippen molar-refractivity contribution < 1.29 is 4.79 Å². The quantitative estimate of drug-likeness (QED) is 0.562. The van der Waals surface area contributed by atoms with Crippen LogP contribution in [-0.2, 0) is 4.79 Å². The summed E-state index contributed by atoms with van der Waals surface area (Å²) in [6, 6.07) is 0. The van der Waals surface area contributed by atoms with E-state index in [1.54, 1.807) is 12.4 Å². The number of aromatic nitrogens is 2. The number of aldehydes is 1. The number of hydrogen-bond donors (Lipinski definition) is 2. The number of H-pyrrole nitrogens is 1. The Kier molecular flexibility index (Phi) is 3.13. The van der Waals surface area contributed by atoms with Crippen LogP contribution in [0.5, 0.6) is 0 Å². The van der Waals surface area contributed by atoms with Gasteiger partial charge in [-0.25, -0.2) is 0 Å². The van der Waals surface area contributed by atoms with E-state index in [4.69, 9.17) is 5.73 Å². The number of nitrogens with zero attached hydrogens (tertiary/aromatic N) is 1. The highest BCUT2D eigenvalue weighted by atomic mass is 32.2. The van der Waals surface area contributed by atoms with Crippen LogP contribution in [0.1, 0.15) is 12.0 Å². The normalized spacial score (nSPS) is 15.1. The van der Waals surface area contributed by atoms with Crippen molar-refractivity contribution in [1.82, 2.24) is 10.2 Å². The van der Waals surface area contributed by atoms with E-state index in [9.17, 15) is 4.79 Å². The summed E-state index contributed by atoms with van der Waals surface area (Å²) >= 11 is 1.30. The van der Waals surface area contributed by atoms with E-state index < -0.39 is 0 Å². The van der Waals surface area contributed by atoms with Crippen molar-refractivity contribution in [2.75, 3.05) is 0 Å². The fourth-order valence-corrected chi connectivity index (χ4v) is 1.93. The van der Waals surface area contributed by atoms with Crippen LogP contribution in [0.15, 0.2) is 34.0 Å². The number of hydrogen-bond acceptors (Lipinski definition) is 4. The third kappa shape index (κ3) is 2.35. The molecule has 0 radical (unpaired) electrons. The van der Waals surface area contributed by atoms with E-state index in [-0.39, 0.29) is 0 Å². The summed E-state index contributed by atoms with van der Waals surface area (Å²) in [4.78, 5) is 12.1. The number of nitrogens with two attached hydrogens (primary N) is 1. The second-order valence-electron chi connectivity index (χ2n) is 3.12. The van der Waals surface area contributed by atoms with Gasteiger partial charge in [-0.1, -0.05) is 29.7 Å². The van der Waals surface area contributed by atoms with E-state index in [1.807, 2.05) is 6.08 Å². The molecule has 0 spiro atoms. The molecule has 5 heteroatoms. The number of thioether (sulfide) groups is 1. The Balaban J connectivity index is 2.11. The molecule has 3 N–H and O–H groups in total. The highest BCUT2D eigenvalue weighted by molar-refractivity contribution is 8.07. The summed E-state index contributed by atoms with van der Waals surface area (Å²) in [5.74, 6) is 5.92. The lowest BCUT2D eigenvalue weighted by molar-refractivity contribution is -0.104. The topological polar surface area (TPSA) is 71.8 Å². The third-order valence-electron chi connectivity index (χ3n) is 1.98. The highest BCUT2D eigenvalue weighted by Gasteiger charge is 2.10. The van der Waals surface area contributed by atoms with E-state index in [0.717, 1.165) is 16.8 Å². The van der Waals surface area contributed by atoms with Crippen LogP contribution in [-0.4, -0.2) is 16.5 Å². The zero-order chi connectivity index (χ0) is 11.4. The molecule has 1 aromatic heterocycles. The van der Waals surface area contributed by atoms with E-state index >= 15 is 0 Å². The second kappa shape index (κ2) is 4.73. The molecule has 0 saturated carbocycles. The van der Waals surface area contributed by atoms with Gasteiger partial charge in [0, 0.05) is 18.3 Å². The van der Waals surface area contributed by atoms with E-state index in [2.05, 4.69) is 22.0 Å². The van der Waals surface area contributed by atoms with Crippen LogP contribution in [0.3, 0.4) is 0 Å². The molecule has 0 amide bonds. The van der Waals surface area contributed by atoms with Crippen molar-refractivity contribution in [2.24, 2.45) is 5.73 Å². The SMILES string of the molecule is NC1=C(C=O)SC(C#Cc2cn[nH]c2)=CC1. The molecule has 16 heavy (non-hydrogen) atoms. The number of allylic oxidation sites excluding steroid dienone is 3. The Morgan fingerprint density at radius 3 is 3.12 bits per heavy atom. The molecule has 2 heterocycles. The Bertz CT molecular complexity index is 517. The molecule has 1 aromatic rings. The van der Waals surface area contributed by atoms with Crippen molar-refractivity contribution in [3.05, 3.63) is 39.5 Å². The Morgan fingerprint density at radius 1 is 1.56 bits per heavy atom. The van der Waals surface area contributed by atoms with Crippen LogP contribution < -0.4 is 5.73 Å². The first-order chi connectivity index (χ1) is 7.79. The molecule has 4 nitrogen and oxygen atoms in total. The van der Waals surface area contributed by atoms with E-state index in [0.29, 0.717) is 17.0 Å². The summed E-state index contributed by atoms with van der Waals surface area (Å²) in [7, 11) is 0. The minimum absolute atomic E-state index is 0.555. The van der Waals surface area contributed by atoms with Crippen molar-refractivity contribution in [1.29, 1.82) is 0 Å². The number of rotatable bonds is 1. The van der Waals surface area contributed by atoms with Gasteiger partial charge in [0.25, 0.3) is 0 Å². The van der Waals surface area contributed by atoms with Crippen LogP contribution in [0.25, 0.3) is 0 Å². The summed E-state index contributed by atoms with van der Waals surface area (Å²) in [5.41, 5.74) is 7.08. The number of carbonyl (C=O) groups excluding carboxylic acids is 1. The molecule has 0 aliphatic carbocycles. The van der Waals surface area contributed by atoms with Gasteiger partial charge in [-0.3, -0.25) is 9.89 Å². The molecule has 1 aliphatic heterocycles. The van der Waals surface area contributed by atoms with Crippen LogP contribution in [0.4, 0.5) is 0 Å². The lowest BCUT2D eigenvalue weighted by atomic mass is 10.2. The van der Waals surface area contributed by atoms with Gasteiger partial charge in [0.1, 0.15) is 0 Å². The van der Waals surface area contributed by atoms with Gasteiger partial charge >= 0.3 is 0 Å². The van der Waals surface area contributed by atoms with Crippen LogP contribution in [0.2, 0.25) is 0 Å². The zero-order valence-electron chi connectivity index (χ0n) is 8.36. The molecule has 1 aliphatic rings. The average Bonchev–Trinajstić information content (AvgIpc) is 2.81. The maximum absolute atomic E-state index is 10.7. The smallest absolute Gasteiger partial charge is 0.158 e. The van der Waals surface area contributed by atoms with Crippen LogP contribution in [0, 0.1) is 11.8 Å². The second-order valence-corrected chi connectivity index (χ2v) is 4.20. The summed E-state index contributed by atoms with van der Waals surface area (Å²) in [5, 5.41) is 6.47. The van der Waals surface area contributed by atoms with Gasteiger partial charge < -0.3 is 5.73 Å². The predicted molar refractivity (Wildman–Crippen MR) is 63.0 cm³/mol. The lowest BCUT2D eigenvalue weighted by Gasteiger charge is -2.09. The highest BCUT2D eigenvalue weighted by Crippen LogP contribution is 2.30. The Hall–Kier alpha value is -1.93.